The van der Waals surface area contributed by atoms with E-state index in [1.165, 1.54) is 18.3 Å². The summed E-state index contributed by atoms with van der Waals surface area (Å²) >= 11 is 7.51. The van der Waals surface area contributed by atoms with Gasteiger partial charge >= 0.3 is 0 Å². The highest BCUT2D eigenvalue weighted by Crippen LogP contribution is 2.26. The average molecular weight is 405 g/mol. The van der Waals surface area contributed by atoms with Crippen LogP contribution in [0.3, 0.4) is 0 Å². The second-order valence-corrected chi connectivity index (χ2v) is 7.15. The standard InChI is InChI=1S/C18H17ClN4O3S/c1-11(24)20-13-8-7-12(19)10-14(13)21-16(25)5-2-6-17-22-18(23-26-17)15-4-3-9-27-15/h3-4,7-10H,2,5-6H2,1H3,(H,20,24)(H,21,25). The van der Waals surface area contributed by atoms with Gasteiger partial charge in [0.15, 0.2) is 0 Å². The number of benzene rings is 1. The Morgan fingerprint density at radius 2 is 2.07 bits per heavy atom. The SMILES string of the molecule is CC(=O)Nc1ccc(Cl)cc1NC(=O)CCCc1nc(-c2cccs2)no1. The van der Waals surface area contributed by atoms with Crippen LogP contribution in [0.15, 0.2) is 40.2 Å². The van der Waals surface area contributed by atoms with Gasteiger partial charge in [-0.3, -0.25) is 9.59 Å². The lowest BCUT2D eigenvalue weighted by Crippen LogP contribution is -2.15. The molecular weight excluding hydrogens is 388 g/mol. The molecule has 3 rings (SSSR count). The van der Waals surface area contributed by atoms with E-state index in [0.29, 0.717) is 41.0 Å². The lowest BCUT2D eigenvalue weighted by atomic mass is 10.2. The van der Waals surface area contributed by atoms with E-state index >= 15 is 0 Å². The van der Waals surface area contributed by atoms with Crippen molar-refractivity contribution < 1.29 is 14.1 Å². The summed E-state index contributed by atoms with van der Waals surface area (Å²) in [6.45, 7) is 1.40. The number of carbonyl (C=O) groups is 2. The van der Waals surface area contributed by atoms with Crippen LogP contribution in [0.1, 0.15) is 25.7 Å². The third-order valence-corrected chi connectivity index (χ3v) is 4.67. The summed E-state index contributed by atoms with van der Waals surface area (Å²) in [5.41, 5.74) is 0.957. The van der Waals surface area contributed by atoms with Crippen LogP contribution in [0.5, 0.6) is 0 Å². The Balaban J connectivity index is 1.53. The fraction of sp³-hybridized carbons (Fsp3) is 0.222. The number of hydrogen-bond donors (Lipinski definition) is 2. The molecule has 0 aliphatic carbocycles. The molecule has 0 spiro atoms. The summed E-state index contributed by atoms with van der Waals surface area (Å²) in [5.74, 6) is 0.629. The molecule has 2 heterocycles. The molecule has 0 bridgehead atoms. The maximum absolute atomic E-state index is 12.2. The Morgan fingerprint density at radius 3 is 2.81 bits per heavy atom. The average Bonchev–Trinajstić information content (AvgIpc) is 3.28. The quantitative estimate of drug-likeness (QED) is 0.609. The zero-order valence-corrected chi connectivity index (χ0v) is 16.1. The Hall–Kier alpha value is -2.71. The van der Waals surface area contributed by atoms with E-state index in [-0.39, 0.29) is 18.2 Å². The van der Waals surface area contributed by atoms with Crippen LogP contribution in [-0.2, 0) is 16.0 Å². The first-order valence-corrected chi connectivity index (χ1v) is 9.50. The van der Waals surface area contributed by atoms with Crippen molar-refractivity contribution in [2.75, 3.05) is 10.6 Å². The summed E-state index contributed by atoms with van der Waals surface area (Å²) in [7, 11) is 0. The Labute approximate surface area is 164 Å². The Bertz CT molecular complexity index is 940. The highest BCUT2D eigenvalue weighted by atomic mass is 35.5. The second-order valence-electron chi connectivity index (χ2n) is 5.76. The van der Waals surface area contributed by atoms with E-state index in [9.17, 15) is 9.59 Å². The van der Waals surface area contributed by atoms with Crippen LogP contribution in [0.25, 0.3) is 10.7 Å². The lowest BCUT2D eigenvalue weighted by Gasteiger charge is -2.11. The van der Waals surface area contributed by atoms with Crippen molar-refractivity contribution >= 4 is 46.1 Å². The number of amides is 2. The van der Waals surface area contributed by atoms with E-state index in [2.05, 4.69) is 20.8 Å². The summed E-state index contributed by atoms with van der Waals surface area (Å²) in [4.78, 5) is 28.8. The summed E-state index contributed by atoms with van der Waals surface area (Å²) in [6, 6.07) is 8.72. The first-order valence-electron chi connectivity index (χ1n) is 8.25. The van der Waals surface area contributed by atoms with Crippen molar-refractivity contribution in [2.24, 2.45) is 0 Å². The van der Waals surface area contributed by atoms with Gasteiger partial charge in [-0.25, -0.2) is 0 Å². The molecule has 0 saturated carbocycles. The molecule has 27 heavy (non-hydrogen) atoms. The van der Waals surface area contributed by atoms with Crippen molar-refractivity contribution in [1.29, 1.82) is 0 Å². The number of nitrogens with zero attached hydrogens (tertiary/aromatic N) is 2. The number of aromatic nitrogens is 2. The largest absolute Gasteiger partial charge is 0.339 e. The Kier molecular flexibility index (Phi) is 6.20. The third-order valence-electron chi connectivity index (χ3n) is 3.57. The number of rotatable bonds is 7. The summed E-state index contributed by atoms with van der Waals surface area (Å²) in [5, 5.41) is 11.8. The van der Waals surface area contributed by atoms with Crippen LogP contribution < -0.4 is 10.6 Å². The van der Waals surface area contributed by atoms with Crippen molar-refractivity contribution in [3.63, 3.8) is 0 Å². The molecule has 2 N–H and O–H groups in total. The monoisotopic (exact) mass is 404 g/mol. The number of halogens is 1. The van der Waals surface area contributed by atoms with E-state index in [0.717, 1.165) is 4.88 Å². The number of thiophene rings is 1. The number of carbonyl (C=O) groups excluding carboxylic acids is 2. The number of aryl methyl sites for hydroxylation is 1. The lowest BCUT2D eigenvalue weighted by molar-refractivity contribution is -0.116. The summed E-state index contributed by atoms with van der Waals surface area (Å²) in [6.07, 6.45) is 1.32. The smallest absolute Gasteiger partial charge is 0.226 e. The molecule has 2 amide bonds. The molecule has 2 aromatic heterocycles. The van der Waals surface area contributed by atoms with Crippen molar-refractivity contribution in [1.82, 2.24) is 10.1 Å². The van der Waals surface area contributed by atoms with Gasteiger partial charge in [-0.05, 0) is 36.1 Å². The zero-order valence-electron chi connectivity index (χ0n) is 14.5. The maximum Gasteiger partial charge on any atom is 0.226 e. The molecule has 9 heteroatoms. The normalized spacial score (nSPS) is 10.6. The number of anilines is 2. The van der Waals surface area contributed by atoms with Gasteiger partial charge in [-0.1, -0.05) is 22.8 Å². The second kappa shape index (κ2) is 8.79. The van der Waals surface area contributed by atoms with Crippen LogP contribution in [0.4, 0.5) is 11.4 Å². The van der Waals surface area contributed by atoms with Gasteiger partial charge in [0.2, 0.25) is 23.5 Å². The van der Waals surface area contributed by atoms with Gasteiger partial charge in [0, 0.05) is 24.8 Å². The first-order chi connectivity index (χ1) is 13.0. The molecule has 7 nitrogen and oxygen atoms in total. The fourth-order valence-corrected chi connectivity index (χ4v) is 3.22. The fourth-order valence-electron chi connectivity index (χ4n) is 2.39. The van der Waals surface area contributed by atoms with Gasteiger partial charge < -0.3 is 15.2 Å². The van der Waals surface area contributed by atoms with Gasteiger partial charge in [0.05, 0.1) is 16.3 Å². The number of hydrogen-bond acceptors (Lipinski definition) is 6. The summed E-state index contributed by atoms with van der Waals surface area (Å²) < 4.78 is 5.22. The zero-order chi connectivity index (χ0) is 19.2. The van der Waals surface area contributed by atoms with E-state index in [1.807, 2.05) is 17.5 Å². The van der Waals surface area contributed by atoms with Crippen molar-refractivity contribution in [3.8, 4) is 10.7 Å². The molecule has 1 aromatic carbocycles. The molecule has 0 radical (unpaired) electrons. The van der Waals surface area contributed by atoms with E-state index in [4.69, 9.17) is 16.1 Å². The number of nitrogens with one attached hydrogen (secondary N) is 2. The minimum atomic E-state index is -0.231. The molecule has 0 aliphatic heterocycles. The molecule has 0 fully saturated rings. The highest BCUT2D eigenvalue weighted by Gasteiger charge is 2.12. The Morgan fingerprint density at radius 1 is 1.22 bits per heavy atom. The van der Waals surface area contributed by atoms with Crippen LogP contribution in [-0.4, -0.2) is 22.0 Å². The molecule has 0 aliphatic rings. The van der Waals surface area contributed by atoms with Gasteiger partial charge in [-0.2, -0.15) is 4.98 Å². The minimum Gasteiger partial charge on any atom is -0.339 e. The molecule has 3 aromatic rings. The van der Waals surface area contributed by atoms with E-state index in [1.54, 1.807) is 18.2 Å². The molecule has 0 unspecified atom stereocenters. The van der Waals surface area contributed by atoms with Crippen LogP contribution >= 0.6 is 22.9 Å². The highest BCUT2D eigenvalue weighted by molar-refractivity contribution is 7.13. The van der Waals surface area contributed by atoms with Gasteiger partial charge in [-0.15, -0.1) is 11.3 Å². The minimum absolute atomic E-state index is 0.193. The third kappa shape index (κ3) is 5.38. The van der Waals surface area contributed by atoms with E-state index < -0.39 is 0 Å². The van der Waals surface area contributed by atoms with Gasteiger partial charge in [0.1, 0.15) is 0 Å². The van der Waals surface area contributed by atoms with Crippen molar-refractivity contribution in [3.05, 3.63) is 46.6 Å². The predicted molar refractivity (Wildman–Crippen MR) is 105 cm³/mol. The molecular formula is C18H17ClN4O3S. The predicted octanol–water partition coefficient (Wildman–Crippen LogP) is 4.37. The van der Waals surface area contributed by atoms with Gasteiger partial charge in [0.25, 0.3) is 0 Å². The molecule has 0 saturated heterocycles. The first kappa shape index (κ1) is 19.1. The topological polar surface area (TPSA) is 97.1 Å². The molecule has 0 atom stereocenters. The molecule has 140 valence electrons. The maximum atomic E-state index is 12.2. The van der Waals surface area contributed by atoms with Crippen LogP contribution in [0, 0.1) is 0 Å². The van der Waals surface area contributed by atoms with Crippen molar-refractivity contribution in [2.45, 2.75) is 26.2 Å². The van der Waals surface area contributed by atoms with Crippen LogP contribution in [0.2, 0.25) is 5.02 Å².